The van der Waals surface area contributed by atoms with E-state index >= 15 is 0 Å². The summed E-state index contributed by atoms with van der Waals surface area (Å²) in [6.45, 7) is 6.47. The number of halogens is 1. The van der Waals surface area contributed by atoms with Crippen molar-refractivity contribution in [2.75, 3.05) is 46.8 Å². The molecule has 2 aromatic rings. The van der Waals surface area contributed by atoms with Crippen LogP contribution in [0.15, 0.2) is 50.6 Å². The molecule has 0 aromatic carbocycles. The van der Waals surface area contributed by atoms with E-state index in [-0.39, 0.29) is 36.1 Å². The van der Waals surface area contributed by atoms with Crippen LogP contribution in [0.1, 0.15) is 43.4 Å². The van der Waals surface area contributed by atoms with Crippen LogP contribution in [-0.2, 0) is 0 Å². The fourth-order valence-corrected chi connectivity index (χ4v) is 3.65. The van der Waals surface area contributed by atoms with Crippen molar-refractivity contribution in [3.05, 3.63) is 48.3 Å². The van der Waals surface area contributed by atoms with Crippen molar-refractivity contribution in [3.8, 4) is 0 Å². The molecule has 2 atom stereocenters. The summed E-state index contributed by atoms with van der Waals surface area (Å²) in [6, 6.07) is 8.27. The fraction of sp³-hybridized carbons (Fsp3) is 0.571. The van der Waals surface area contributed by atoms with Gasteiger partial charge in [-0.1, -0.05) is 0 Å². The Morgan fingerprint density at radius 3 is 2.31 bits per heavy atom. The normalized spacial score (nSPS) is 17.2. The Balaban J connectivity index is 0.00000300. The number of nitrogens with one attached hydrogen (secondary N) is 2. The molecule has 2 unspecified atom stereocenters. The Labute approximate surface area is 190 Å². The van der Waals surface area contributed by atoms with Crippen molar-refractivity contribution in [1.29, 1.82) is 0 Å². The summed E-state index contributed by atoms with van der Waals surface area (Å²) >= 11 is 0. The first-order chi connectivity index (χ1) is 13.7. The summed E-state index contributed by atoms with van der Waals surface area (Å²) in [5, 5.41) is 6.82. The van der Waals surface area contributed by atoms with E-state index in [0.29, 0.717) is 13.1 Å². The average molecular weight is 515 g/mol. The van der Waals surface area contributed by atoms with Crippen molar-refractivity contribution < 1.29 is 8.83 Å². The number of furan rings is 2. The molecule has 0 bridgehead atoms. The average Bonchev–Trinajstić information content (AvgIpc) is 3.45. The molecular weight excluding hydrogens is 481 g/mol. The van der Waals surface area contributed by atoms with Gasteiger partial charge in [-0.2, -0.15) is 0 Å². The Morgan fingerprint density at radius 1 is 1.10 bits per heavy atom. The minimum atomic E-state index is 0. The van der Waals surface area contributed by atoms with Gasteiger partial charge < -0.3 is 19.5 Å². The zero-order chi connectivity index (χ0) is 19.8. The monoisotopic (exact) mass is 515 g/mol. The highest BCUT2D eigenvalue weighted by Crippen LogP contribution is 2.25. The van der Waals surface area contributed by atoms with Gasteiger partial charge in [-0.25, -0.2) is 0 Å². The zero-order valence-corrected chi connectivity index (χ0v) is 20.0. The molecule has 29 heavy (non-hydrogen) atoms. The smallest absolute Gasteiger partial charge is 0.191 e. The Bertz CT molecular complexity index is 697. The predicted octanol–water partition coefficient (Wildman–Crippen LogP) is 3.49. The number of aliphatic imine (C=N–C) groups is 1. The number of likely N-dealkylation sites (N-methyl/N-ethyl adjacent to an activating group) is 1. The van der Waals surface area contributed by atoms with Crippen LogP contribution in [0, 0.1) is 0 Å². The van der Waals surface area contributed by atoms with Crippen molar-refractivity contribution in [1.82, 2.24) is 20.4 Å². The van der Waals surface area contributed by atoms with Crippen molar-refractivity contribution in [2.45, 2.75) is 31.8 Å². The van der Waals surface area contributed by atoms with Crippen molar-refractivity contribution in [2.24, 2.45) is 4.99 Å². The van der Waals surface area contributed by atoms with Crippen LogP contribution in [0.3, 0.4) is 0 Å². The second kappa shape index (κ2) is 12.2. The summed E-state index contributed by atoms with van der Waals surface area (Å²) < 4.78 is 11.3. The van der Waals surface area contributed by atoms with Crippen LogP contribution in [-0.4, -0.2) is 62.6 Å². The maximum absolute atomic E-state index is 5.71. The highest BCUT2D eigenvalue weighted by Gasteiger charge is 2.25. The molecule has 1 aliphatic rings. The third kappa shape index (κ3) is 6.75. The van der Waals surface area contributed by atoms with E-state index in [0.717, 1.165) is 37.1 Å². The molecule has 7 nitrogen and oxygen atoms in total. The molecule has 0 radical (unpaired) electrons. The van der Waals surface area contributed by atoms with Gasteiger partial charge in [0, 0.05) is 13.1 Å². The molecule has 2 N–H and O–H groups in total. The minimum Gasteiger partial charge on any atom is -0.468 e. The van der Waals surface area contributed by atoms with Crippen LogP contribution in [0.5, 0.6) is 0 Å². The topological polar surface area (TPSA) is 69.2 Å². The number of likely N-dealkylation sites (tertiary alicyclic amines) is 1. The molecular formula is C21H34IN5O2. The third-order valence-electron chi connectivity index (χ3n) is 5.18. The second-order valence-corrected chi connectivity index (χ2v) is 7.37. The van der Waals surface area contributed by atoms with Crippen LogP contribution in [0.4, 0.5) is 0 Å². The molecule has 2 aromatic heterocycles. The summed E-state index contributed by atoms with van der Waals surface area (Å²) in [7, 11) is 4.11. The highest BCUT2D eigenvalue weighted by atomic mass is 127. The van der Waals surface area contributed by atoms with Crippen LogP contribution in [0.25, 0.3) is 0 Å². The van der Waals surface area contributed by atoms with Gasteiger partial charge in [-0.3, -0.25) is 14.8 Å². The maximum Gasteiger partial charge on any atom is 0.191 e. The Hall–Kier alpha value is -1.52. The van der Waals surface area contributed by atoms with Gasteiger partial charge in [0.2, 0.25) is 0 Å². The van der Waals surface area contributed by atoms with E-state index in [9.17, 15) is 0 Å². The number of hydrogen-bond acceptors (Lipinski definition) is 5. The largest absolute Gasteiger partial charge is 0.468 e. The lowest BCUT2D eigenvalue weighted by molar-refractivity contribution is 0.221. The minimum absolute atomic E-state index is 0. The van der Waals surface area contributed by atoms with Gasteiger partial charge in [0.1, 0.15) is 11.5 Å². The van der Waals surface area contributed by atoms with E-state index in [4.69, 9.17) is 13.8 Å². The van der Waals surface area contributed by atoms with E-state index in [2.05, 4.69) is 47.5 Å². The number of hydrogen-bond donors (Lipinski definition) is 2. The first-order valence-electron chi connectivity index (χ1n) is 10.2. The standard InChI is InChI=1S/C21H33N5O2.HI/c1-4-22-21(23-15-17(25(2)3)19-9-7-13-27-19)24-16-18(20-10-8-14-28-20)26-11-5-6-12-26;/h7-10,13-14,17-18H,4-6,11-12,15-16H2,1-3H3,(H2,22,23,24);1H. The van der Waals surface area contributed by atoms with Crippen LogP contribution >= 0.6 is 24.0 Å². The van der Waals surface area contributed by atoms with Crippen LogP contribution in [0.2, 0.25) is 0 Å². The Kier molecular flexibility index (Phi) is 10.0. The van der Waals surface area contributed by atoms with E-state index in [1.165, 1.54) is 12.8 Å². The molecule has 0 aliphatic carbocycles. The predicted molar refractivity (Wildman–Crippen MR) is 127 cm³/mol. The summed E-state index contributed by atoms with van der Waals surface area (Å²) in [4.78, 5) is 9.48. The fourth-order valence-electron chi connectivity index (χ4n) is 3.65. The molecule has 3 rings (SSSR count). The SMILES string of the molecule is CCNC(=NCC(c1ccco1)N1CCCC1)NCC(c1ccco1)N(C)C.I. The van der Waals surface area contributed by atoms with Crippen molar-refractivity contribution in [3.63, 3.8) is 0 Å². The number of rotatable bonds is 9. The molecule has 1 fully saturated rings. The lowest BCUT2D eigenvalue weighted by Gasteiger charge is -2.26. The van der Waals surface area contributed by atoms with Crippen molar-refractivity contribution >= 4 is 29.9 Å². The molecule has 162 valence electrons. The summed E-state index contributed by atoms with van der Waals surface area (Å²) in [5.74, 6) is 2.75. The second-order valence-electron chi connectivity index (χ2n) is 7.37. The zero-order valence-electron chi connectivity index (χ0n) is 17.6. The van der Waals surface area contributed by atoms with E-state index < -0.39 is 0 Å². The van der Waals surface area contributed by atoms with Gasteiger partial charge in [0.15, 0.2) is 5.96 Å². The van der Waals surface area contributed by atoms with Gasteiger partial charge in [-0.05, 0) is 71.2 Å². The quantitative estimate of drug-likeness (QED) is 0.303. The molecule has 1 saturated heterocycles. The number of guanidine groups is 1. The third-order valence-corrected chi connectivity index (χ3v) is 5.18. The number of nitrogens with zero attached hydrogens (tertiary/aromatic N) is 3. The lowest BCUT2D eigenvalue weighted by Crippen LogP contribution is -2.42. The van der Waals surface area contributed by atoms with E-state index in [1.54, 1.807) is 12.5 Å². The molecule has 8 heteroatoms. The molecule has 0 spiro atoms. The lowest BCUT2D eigenvalue weighted by atomic mass is 10.2. The Morgan fingerprint density at radius 2 is 1.76 bits per heavy atom. The van der Waals surface area contributed by atoms with Gasteiger partial charge in [0.05, 0.1) is 31.2 Å². The van der Waals surface area contributed by atoms with Crippen LogP contribution < -0.4 is 10.6 Å². The van der Waals surface area contributed by atoms with Gasteiger partial charge in [-0.15, -0.1) is 24.0 Å². The molecule has 0 amide bonds. The maximum atomic E-state index is 5.71. The van der Waals surface area contributed by atoms with Gasteiger partial charge >= 0.3 is 0 Å². The summed E-state index contributed by atoms with van der Waals surface area (Å²) in [6.07, 6.45) is 5.95. The molecule has 0 saturated carbocycles. The molecule has 1 aliphatic heterocycles. The highest BCUT2D eigenvalue weighted by molar-refractivity contribution is 14.0. The first kappa shape index (κ1) is 23.8. The van der Waals surface area contributed by atoms with E-state index in [1.807, 2.05) is 18.2 Å². The van der Waals surface area contributed by atoms with Gasteiger partial charge in [0.25, 0.3) is 0 Å². The molecule has 3 heterocycles. The first-order valence-corrected chi connectivity index (χ1v) is 10.2. The summed E-state index contributed by atoms with van der Waals surface area (Å²) in [5.41, 5.74) is 0.